The van der Waals surface area contributed by atoms with Crippen LogP contribution in [0.3, 0.4) is 0 Å². The van der Waals surface area contributed by atoms with E-state index in [4.69, 9.17) is 0 Å². The van der Waals surface area contributed by atoms with Gasteiger partial charge in [-0.25, -0.2) is 14.4 Å². The van der Waals surface area contributed by atoms with Gasteiger partial charge in [0.2, 0.25) is 0 Å². The second kappa shape index (κ2) is 5.06. The lowest BCUT2D eigenvalue weighted by atomic mass is 10.1. The van der Waals surface area contributed by atoms with Gasteiger partial charge in [-0.1, -0.05) is 17.9 Å². The minimum Gasteiger partial charge on any atom is -0.251 e. The van der Waals surface area contributed by atoms with Gasteiger partial charge < -0.3 is 0 Å². The number of fused-ring (bicyclic) bond motifs is 1. The molecule has 0 aliphatic carbocycles. The van der Waals surface area contributed by atoms with Crippen molar-refractivity contribution in [3.05, 3.63) is 65.4 Å². The van der Waals surface area contributed by atoms with E-state index in [1.807, 2.05) is 13.0 Å². The molecule has 0 atom stereocenters. The van der Waals surface area contributed by atoms with Gasteiger partial charge in [0.05, 0.1) is 5.56 Å². The van der Waals surface area contributed by atoms with Gasteiger partial charge in [-0.15, -0.1) is 0 Å². The number of hydrogen-bond acceptors (Lipinski definition) is 3. The summed E-state index contributed by atoms with van der Waals surface area (Å²) < 4.78 is 13.7. The van der Waals surface area contributed by atoms with Crippen LogP contribution in [0.1, 0.15) is 16.7 Å². The fourth-order valence-corrected chi connectivity index (χ4v) is 1.79. The Kier molecular flexibility index (Phi) is 3.10. The Labute approximate surface area is 115 Å². The molecular formula is C16H10FN3. The Morgan fingerprint density at radius 1 is 1.00 bits per heavy atom. The summed E-state index contributed by atoms with van der Waals surface area (Å²) in [4.78, 5) is 12.4. The van der Waals surface area contributed by atoms with E-state index in [0.29, 0.717) is 22.3 Å². The summed E-state index contributed by atoms with van der Waals surface area (Å²) in [5.74, 6) is 5.39. The van der Waals surface area contributed by atoms with Crippen LogP contribution in [0.2, 0.25) is 0 Å². The lowest BCUT2D eigenvalue weighted by Gasteiger charge is -1.96. The van der Waals surface area contributed by atoms with Crippen LogP contribution in [0.5, 0.6) is 0 Å². The molecule has 2 aromatic heterocycles. The van der Waals surface area contributed by atoms with Crippen molar-refractivity contribution in [2.45, 2.75) is 6.92 Å². The molecule has 0 amide bonds. The van der Waals surface area contributed by atoms with E-state index in [9.17, 15) is 4.39 Å². The van der Waals surface area contributed by atoms with Gasteiger partial charge in [-0.2, -0.15) is 0 Å². The van der Waals surface area contributed by atoms with Gasteiger partial charge in [0.25, 0.3) is 0 Å². The molecule has 0 N–H and O–H groups in total. The highest BCUT2D eigenvalue weighted by atomic mass is 19.1. The molecule has 0 unspecified atom stereocenters. The first-order chi connectivity index (χ1) is 9.72. The maximum Gasteiger partial charge on any atom is 0.178 e. The third-order valence-electron chi connectivity index (χ3n) is 2.79. The SMILES string of the molecule is Cc1ccc(C#Cc2cnc3nccnc3c2)c(F)c1. The minimum atomic E-state index is -0.314. The Hall–Kier alpha value is -2.80. The molecule has 0 spiro atoms. The standard InChI is InChI=1S/C16H10FN3/c1-11-2-4-13(14(17)8-11)5-3-12-9-15-16(20-10-12)19-7-6-18-15/h2,4,6-10H,1H3. The molecule has 0 saturated carbocycles. The van der Waals surface area contributed by atoms with Gasteiger partial charge in [-0.3, -0.25) is 4.98 Å². The van der Waals surface area contributed by atoms with Crippen LogP contribution in [-0.2, 0) is 0 Å². The molecule has 3 nitrogen and oxygen atoms in total. The van der Waals surface area contributed by atoms with Crippen LogP contribution in [-0.4, -0.2) is 15.0 Å². The van der Waals surface area contributed by atoms with E-state index in [2.05, 4.69) is 26.8 Å². The van der Waals surface area contributed by atoms with E-state index >= 15 is 0 Å². The van der Waals surface area contributed by atoms with Crippen molar-refractivity contribution >= 4 is 11.2 Å². The van der Waals surface area contributed by atoms with E-state index in [0.717, 1.165) is 5.56 Å². The predicted molar refractivity (Wildman–Crippen MR) is 74.5 cm³/mol. The van der Waals surface area contributed by atoms with Crippen molar-refractivity contribution in [2.24, 2.45) is 0 Å². The molecule has 0 fully saturated rings. The number of pyridine rings is 1. The topological polar surface area (TPSA) is 38.7 Å². The molecule has 20 heavy (non-hydrogen) atoms. The second-order valence-corrected chi connectivity index (χ2v) is 4.36. The zero-order chi connectivity index (χ0) is 13.9. The summed E-state index contributed by atoms with van der Waals surface area (Å²) in [6.07, 6.45) is 4.79. The van der Waals surface area contributed by atoms with E-state index in [1.54, 1.807) is 30.7 Å². The fourth-order valence-electron chi connectivity index (χ4n) is 1.79. The van der Waals surface area contributed by atoms with Crippen LogP contribution in [0, 0.1) is 24.6 Å². The number of hydrogen-bond donors (Lipinski definition) is 0. The van der Waals surface area contributed by atoms with Crippen LogP contribution in [0.25, 0.3) is 11.2 Å². The Bertz CT molecular complexity index is 847. The molecule has 0 radical (unpaired) electrons. The molecule has 0 aliphatic heterocycles. The van der Waals surface area contributed by atoms with Crippen LogP contribution >= 0.6 is 0 Å². The van der Waals surface area contributed by atoms with E-state index in [1.165, 1.54) is 6.07 Å². The molecule has 0 aliphatic rings. The average molecular weight is 263 g/mol. The van der Waals surface area contributed by atoms with Crippen molar-refractivity contribution in [1.29, 1.82) is 0 Å². The normalized spacial score (nSPS) is 10.1. The molecule has 1 aromatic carbocycles. The Morgan fingerprint density at radius 2 is 1.85 bits per heavy atom. The maximum atomic E-state index is 13.7. The molecule has 4 heteroatoms. The third kappa shape index (κ3) is 2.47. The molecule has 0 bridgehead atoms. The fraction of sp³-hybridized carbons (Fsp3) is 0.0625. The lowest BCUT2D eigenvalue weighted by Crippen LogP contribution is -1.88. The molecule has 0 saturated heterocycles. The molecule has 3 rings (SSSR count). The first kappa shape index (κ1) is 12.2. The van der Waals surface area contributed by atoms with Crippen molar-refractivity contribution in [1.82, 2.24) is 15.0 Å². The zero-order valence-corrected chi connectivity index (χ0v) is 10.8. The minimum absolute atomic E-state index is 0.314. The smallest absolute Gasteiger partial charge is 0.178 e. The largest absolute Gasteiger partial charge is 0.251 e. The Balaban J connectivity index is 1.99. The number of rotatable bonds is 0. The lowest BCUT2D eigenvalue weighted by molar-refractivity contribution is 0.623. The molecule has 3 aromatic rings. The third-order valence-corrected chi connectivity index (χ3v) is 2.79. The highest BCUT2D eigenvalue weighted by Gasteiger charge is 1.99. The summed E-state index contributed by atoms with van der Waals surface area (Å²) in [6.45, 7) is 1.84. The quantitative estimate of drug-likeness (QED) is 0.585. The molecular weight excluding hydrogens is 253 g/mol. The summed E-state index contributed by atoms with van der Waals surface area (Å²) in [6, 6.07) is 6.76. The zero-order valence-electron chi connectivity index (χ0n) is 10.8. The summed E-state index contributed by atoms with van der Waals surface area (Å²) >= 11 is 0. The summed E-state index contributed by atoms with van der Waals surface area (Å²) in [5.41, 5.74) is 3.16. The van der Waals surface area contributed by atoms with Crippen LogP contribution < -0.4 is 0 Å². The predicted octanol–water partition coefficient (Wildman–Crippen LogP) is 2.87. The van der Waals surface area contributed by atoms with Crippen LogP contribution in [0.4, 0.5) is 4.39 Å². The average Bonchev–Trinajstić information content (AvgIpc) is 2.46. The number of aryl methyl sites for hydroxylation is 1. The number of benzene rings is 1. The van der Waals surface area contributed by atoms with Crippen molar-refractivity contribution in [3.8, 4) is 11.8 Å². The highest BCUT2D eigenvalue weighted by Crippen LogP contribution is 2.10. The van der Waals surface area contributed by atoms with Gasteiger partial charge in [0.15, 0.2) is 5.65 Å². The van der Waals surface area contributed by atoms with Gasteiger partial charge >= 0.3 is 0 Å². The summed E-state index contributed by atoms with van der Waals surface area (Å²) in [5, 5.41) is 0. The monoisotopic (exact) mass is 263 g/mol. The number of nitrogens with zero attached hydrogens (tertiary/aromatic N) is 3. The van der Waals surface area contributed by atoms with Crippen molar-refractivity contribution in [3.63, 3.8) is 0 Å². The first-order valence-electron chi connectivity index (χ1n) is 6.07. The molecule has 2 heterocycles. The van der Waals surface area contributed by atoms with Gasteiger partial charge in [0.1, 0.15) is 11.3 Å². The molecule has 96 valence electrons. The van der Waals surface area contributed by atoms with E-state index in [-0.39, 0.29) is 5.82 Å². The first-order valence-corrected chi connectivity index (χ1v) is 6.07. The van der Waals surface area contributed by atoms with Crippen molar-refractivity contribution < 1.29 is 4.39 Å². The highest BCUT2D eigenvalue weighted by molar-refractivity contribution is 5.70. The number of halogens is 1. The van der Waals surface area contributed by atoms with Gasteiger partial charge in [0, 0.05) is 24.2 Å². The Morgan fingerprint density at radius 3 is 2.70 bits per heavy atom. The van der Waals surface area contributed by atoms with Crippen LogP contribution in [0.15, 0.2) is 42.9 Å². The second-order valence-electron chi connectivity index (χ2n) is 4.36. The number of aromatic nitrogens is 3. The van der Waals surface area contributed by atoms with E-state index < -0.39 is 0 Å². The van der Waals surface area contributed by atoms with Gasteiger partial charge in [-0.05, 0) is 30.7 Å². The maximum absolute atomic E-state index is 13.7. The summed E-state index contributed by atoms with van der Waals surface area (Å²) in [7, 11) is 0. The van der Waals surface area contributed by atoms with Crippen molar-refractivity contribution in [2.75, 3.05) is 0 Å².